The van der Waals surface area contributed by atoms with Gasteiger partial charge >= 0.3 is 0 Å². The quantitative estimate of drug-likeness (QED) is 0.522. The van der Waals surface area contributed by atoms with Crippen LogP contribution in [0.5, 0.6) is 0 Å². The highest BCUT2D eigenvalue weighted by Gasteiger charge is 2.12. The summed E-state index contributed by atoms with van der Waals surface area (Å²) in [6, 6.07) is 25.4. The maximum atomic E-state index is 5.74. The zero-order valence-corrected chi connectivity index (χ0v) is 11.7. The molecule has 19 heavy (non-hydrogen) atoms. The molecule has 0 aliphatic heterocycles. The third kappa shape index (κ3) is 2.56. The van der Waals surface area contributed by atoms with Crippen LogP contribution in [0.3, 0.4) is 0 Å². The third-order valence-electron chi connectivity index (χ3n) is 3.14. The predicted octanol–water partition coefficient (Wildman–Crippen LogP) is 2.75. The predicted molar refractivity (Wildman–Crippen MR) is 86.2 cm³/mol. The highest BCUT2D eigenvalue weighted by molar-refractivity contribution is 7.69. The van der Waals surface area contributed by atoms with Crippen molar-refractivity contribution in [1.29, 1.82) is 0 Å². The molecule has 0 bridgehead atoms. The van der Waals surface area contributed by atoms with Gasteiger partial charge in [-0.25, -0.2) is 0 Å². The summed E-state index contributed by atoms with van der Waals surface area (Å²) in [7, 11) is 1.06. The standard InChI is InChI=1S/C16H14BOP/c17-18-19(15-8-2-1-3-9-15)16-11-10-13-6-4-5-7-14(13)12-16/h1-12H,17H2/t19-/m1/s1. The first kappa shape index (κ1) is 12.4. The topological polar surface area (TPSA) is 9.23 Å². The molecular weight excluding hydrogens is 250 g/mol. The lowest BCUT2D eigenvalue weighted by molar-refractivity contribution is 0.705. The van der Waals surface area contributed by atoms with E-state index in [0.717, 1.165) is 0 Å². The van der Waals surface area contributed by atoms with Crippen LogP contribution in [0.15, 0.2) is 72.8 Å². The van der Waals surface area contributed by atoms with Gasteiger partial charge in [-0.05, 0) is 16.8 Å². The SMILES string of the molecule is BO[P@](c1ccccc1)c1ccc2ccccc2c1. The van der Waals surface area contributed by atoms with Crippen molar-refractivity contribution in [2.24, 2.45) is 0 Å². The van der Waals surface area contributed by atoms with Crippen LogP contribution in [0.4, 0.5) is 0 Å². The molecule has 0 aromatic heterocycles. The van der Waals surface area contributed by atoms with Gasteiger partial charge in [0.25, 0.3) is 8.05 Å². The Morgan fingerprint density at radius 3 is 2.11 bits per heavy atom. The van der Waals surface area contributed by atoms with Crippen molar-refractivity contribution in [3.05, 3.63) is 72.8 Å². The van der Waals surface area contributed by atoms with E-state index >= 15 is 0 Å². The molecule has 0 amide bonds. The Morgan fingerprint density at radius 1 is 0.684 bits per heavy atom. The minimum Gasteiger partial charge on any atom is -0.417 e. The molecule has 0 radical (unpaired) electrons. The van der Waals surface area contributed by atoms with Gasteiger partial charge in [-0.2, -0.15) is 0 Å². The highest BCUT2D eigenvalue weighted by Crippen LogP contribution is 2.34. The van der Waals surface area contributed by atoms with E-state index in [0.29, 0.717) is 0 Å². The first-order valence-corrected chi connectivity index (χ1v) is 7.52. The van der Waals surface area contributed by atoms with Crippen LogP contribution in [-0.2, 0) is 4.44 Å². The minimum atomic E-state index is -0.722. The molecule has 0 aliphatic rings. The molecule has 0 heterocycles. The van der Waals surface area contributed by atoms with Gasteiger partial charge < -0.3 is 4.44 Å². The summed E-state index contributed by atoms with van der Waals surface area (Å²) < 4.78 is 5.74. The van der Waals surface area contributed by atoms with Gasteiger partial charge in [0.15, 0.2) is 0 Å². The molecule has 0 unspecified atom stereocenters. The van der Waals surface area contributed by atoms with Gasteiger partial charge in [0.1, 0.15) is 0 Å². The summed E-state index contributed by atoms with van der Waals surface area (Å²) in [5, 5.41) is 5.03. The van der Waals surface area contributed by atoms with Crippen LogP contribution in [0.1, 0.15) is 0 Å². The summed E-state index contributed by atoms with van der Waals surface area (Å²) >= 11 is 0. The van der Waals surface area contributed by atoms with Crippen LogP contribution in [0, 0.1) is 0 Å². The largest absolute Gasteiger partial charge is 0.417 e. The Labute approximate surface area is 115 Å². The first-order chi connectivity index (χ1) is 9.38. The second-order valence-electron chi connectivity index (χ2n) is 4.34. The van der Waals surface area contributed by atoms with Gasteiger partial charge in [0, 0.05) is 10.6 Å². The van der Waals surface area contributed by atoms with Gasteiger partial charge in [-0.3, -0.25) is 0 Å². The van der Waals surface area contributed by atoms with E-state index in [9.17, 15) is 0 Å². The van der Waals surface area contributed by atoms with Crippen LogP contribution >= 0.6 is 8.15 Å². The maximum absolute atomic E-state index is 5.74. The van der Waals surface area contributed by atoms with E-state index in [2.05, 4.69) is 66.7 Å². The van der Waals surface area contributed by atoms with Crippen molar-refractivity contribution in [2.75, 3.05) is 0 Å². The molecule has 3 aromatic carbocycles. The Bertz CT molecular complexity index is 684. The Morgan fingerprint density at radius 2 is 1.37 bits per heavy atom. The average molecular weight is 264 g/mol. The van der Waals surface area contributed by atoms with E-state index in [1.807, 2.05) is 6.07 Å². The molecule has 0 saturated heterocycles. The molecule has 3 aromatic rings. The van der Waals surface area contributed by atoms with Crippen molar-refractivity contribution < 1.29 is 4.44 Å². The van der Waals surface area contributed by atoms with Crippen LogP contribution in [0.25, 0.3) is 10.8 Å². The average Bonchev–Trinajstić information content (AvgIpc) is 2.49. The number of benzene rings is 3. The number of hydrogen-bond acceptors (Lipinski definition) is 1. The fourth-order valence-corrected chi connectivity index (χ4v) is 3.86. The van der Waals surface area contributed by atoms with Gasteiger partial charge in [-0.1, -0.05) is 66.7 Å². The lowest BCUT2D eigenvalue weighted by atomic mass is 10.1. The van der Waals surface area contributed by atoms with E-state index in [1.165, 1.54) is 21.4 Å². The second-order valence-corrected chi connectivity index (χ2v) is 6.33. The van der Waals surface area contributed by atoms with E-state index in [-0.39, 0.29) is 0 Å². The summed E-state index contributed by atoms with van der Waals surface area (Å²) in [5.74, 6) is 0. The fourth-order valence-electron chi connectivity index (χ4n) is 2.23. The van der Waals surface area contributed by atoms with E-state index in [1.54, 1.807) is 8.05 Å². The molecule has 1 nitrogen and oxygen atoms in total. The lowest BCUT2D eigenvalue weighted by Crippen LogP contribution is -2.12. The van der Waals surface area contributed by atoms with Crippen molar-refractivity contribution in [2.45, 2.75) is 0 Å². The number of hydrogen-bond donors (Lipinski definition) is 0. The molecule has 3 rings (SSSR count). The molecule has 3 heteroatoms. The number of fused-ring (bicyclic) bond motifs is 1. The maximum Gasteiger partial charge on any atom is 0.263 e. The Balaban J connectivity index is 2.06. The smallest absolute Gasteiger partial charge is 0.263 e. The zero-order chi connectivity index (χ0) is 13.1. The molecule has 0 fully saturated rings. The number of rotatable bonds is 3. The van der Waals surface area contributed by atoms with Crippen molar-refractivity contribution in [3.63, 3.8) is 0 Å². The van der Waals surface area contributed by atoms with Gasteiger partial charge in [0.05, 0.1) is 8.15 Å². The normalized spacial score (nSPS) is 12.4. The van der Waals surface area contributed by atoms with Crippen molar-refractivity contribution >= 4 is 37.6 Å². The van der Waals surface area contributed by atoms with Gasteiger partial charge in [0.2, 0.25) is 0 Å². The summed E-state index contributed by atoms with van der Waals surface area (Å²) in [6.45, 7) is 0. The molecule has 1 atom stereocenters. The monoisotopic (exact) mass is 264 g/mol. The molecular formula is C16H14BOP. The lowest BCUT2D eigenvalue weighted by Gasteiger charge is -2.17. The van der Waals surface area contributed by atoms with Crippen LogP contribution in [0.2, 0.25) is 0 Å². The molecule has 0 aliphatic carbocycles. The molecule has 0 spiro atoms. The minimum absolute atomic E-state index is 0.722. The Hall–Kier alpha value is -1.63. The highest BCUT2D eigenvalue weighted by atomic mass is 31.1. The van der Waals surface area contributed by atoms with Crippen LogP contribution < -0.4 is 10.6 Å². The van der Waals surface area contributed by atoms with Crippen molar-refractivity contribution in [3.8, 4) is 0 Å². The molecule has 0 saturated carbocycles. The van der Waals surface area contributed by atoms with Gasteiger partial charge in [-0.15, -0.1) is 0 Å². The summed E-state index contributed by atoms with van der Waals surface area (Å²) in [6.07, 6.45) is 0. The first-order valence-electron chi connectivity index (χ1n) is 6.26. The molecule has 92 valence electrons. The fraction of sp³-hybridized carbons (Fsp3) is 0. The van der Waals surface area contributed by atoms with Crippen LogP contribution in [-0.4, -0.2) is 8.05 Å². The Kier molecular flexibility index (Phi) is 3.63. The van der Waals surface area contributed by atoms with E-state index < -0.39 is 8.15 Å². The zero-order valence-electron chi connectivity index (χ0n) is 10.8. The molecule has 0 N–H and O–H groups in total. The second kappa shape index (κ2) is 5.56. The van der Waals surface area contributed by atoms with E-state index in [4.69, 9.17) is 4.44 Å². The third-order valence-corrected chi connectivity index (χ3v) is 5.02. The van der Waals surface area contributed by atoms with Crippen molar-refractivity contribution in [1.82, 2.24) is 0 Å². The summed E-state index contributed by atoms with van der Waals surface area (Å²) in [5.41, 5.74) is 0. The summed E-state index contributed by atoms with van der Waals surface area (Å²) in [4.78, 5) is 0.